The van der Waals surface area contributed by atoms with Crippen LogP contribution in [0.2, 0.25) is 0 Å². The average molecular weight is 363 g/mol. The molecule has 3 rings (SSSR count). The smallest absolute Gasteiger partial charge is 0.262 e. The maximum atomic E-state index is 12.7. The molecule has 140 valence electrons. The number of hydrogen-bond acceptors (Lipinski definition) is 3. The highest BCUT2D eigenvalue weighted by Crippen LogP contribution is 2.31. The van der Waals surface area contributed by atoms with Crippen LogP contribution in [0, 0.1) is 25.2 Å². The number of ether oxygens (including phenoxy) is 1. The third-order valence-electron chi connectivity index (χ3n) is 4.99. The molecule has 1 aliphatic rings. The molecule has 0 radical (unpaired) electrons. The molecule has 1 amide bonds. The van der Waals surface area contributed by atoms with Crippen molar-refractivity contribution < 1.29 is 9.53 Å². The first kappa shape index (κ1) is 18.8. The summed E-state index contributed by atoms with van der Waals surface area (Å²) in [4.78, 5) is 12.7. The number of hydrogen-bond donors (Lipinski definition) is 1. The van der Waals surface area contributed by atoms with Gasteiger partial charge in [0.05, 0.1) is 12.6 Å². The van der Waals surface area contributed by atoms with Crippen LogP contribution in [0.3, 0.4) is 0 Å². The van der Waals surface area contributed by atoms with Gasteiger partial charge in [0.2, 0.25) is 0 Å². The van der Waals surface area contributed by atoms with E-state index in [4.69, 9.17) is 4.74 Å². The Bertz CT molecular complexity index is 918. The Hall–Kier alpha value is -3.00. The van der Waals surface area contributed by atoms with Crippen LogP contribution in [0.15, 0.2) is 35.9 Å². The highest BCUT2D eigenvalue weighted by Gasteiger charge is 2.24. The van der Waals surface area contributed by atoms with E-state index in [1.54, 1.807) is 6.08 Å². The van der Waals surface area contributed by atoms with Crippen molar-refractivity contribution in [3.8, 4) is 11.8 Å². The first-order chi connectivity index (χ1) is 13.0. The Morgan fingerprint density at radius 3 is 2.93 bits per heavy atom. The van der Waals surface area contributed by atoms with Gasteiger partial charge < -0.3 is 14.6 Å². The molecule has 0 fully saturated rings. The molecule has 0 unspecified atom stereocenters. The molecule has 5 nitrogen and oxygen atoms in total. The van der Waals surface area contributed by atoms with Crippen LogP contribution >= 0.6 is 0 Å². The van der Waals surface area contributed by atoms with Crippen LogP contribution in [-0.4, -0.2) is 17.1 Å². The highest BCUT2D eigenvalue weighted by atomic mass is 16.5. The number of nitrogens with zero attached hydrogens (tertiary/aromatic N) is 2. The number of fused-ring (bicyclic) bond motifs is 1. The van der Waals surface area contributed by atoms with Crippen molar-refractivity contribution in [3.05, 3.63) is 58.4 Å². The summed E-state index contributed by atoms with van der Waals surface area (Å²) in [6.07, 6.45) is 3.41. The van der Waals surface area contributed by atoms with Gasteiger partial charge in [0.1, 0.15) is 17.4 Å². The number of amides is 1. The zero-order valence-corrected chi connectivity index (χ0v) is 16.1. The van der Waals surface area contributed by atoms with Crippen molar-refractivity contribution in [2.45, 2.75) is 46.2 Å². The summed E-state index contributed by atoms with van der Waals surface area (Å²) in [5, 5.41) is 12.5. The molecule has 5 heteroatoms. The Balaban J connectivity index is 1.83. The SMILES string of the molecule is CCCn1c(C)cc(/C=C(\C#N)C(=O)N[C@H]2CCOc3ccccc32)c1C. The molecule has 2 aromatic rings. The molecular weight excluding hydrogens is 338 g/mol. The van der Waals surface area contributed by atoms with Gasteiger partial charge in [-0.15, -0.1) is 0 Å². The molecule has 0 aliphatic carbocycles. The summed E-state index contributed by atoms with van der Waals surface area (Å²) in [6.45, 7) is 7.68. The average Bonchev–Trinajstić information content (AvgIpc) is 2.94. The molecule has 1 aromatic carbocycles. The first-order valence-electron chi connectivity index (χ1n) is 9.36. The van der Waals surface area contributed by atoms with Crippen LogP contribution in [0.5, 0.6) is 5.75 Å². The molecule has 2 heterocycles. The van der Waals surface area contributed by atoms with Crippen molar-refractivity contribution in [1.82, 2.24) is 9.88 Å². The number of nitriles is 1. The minimum atomic E-state index is -0.348. The number of benzene rings is 1. The lowest BCUT2D eigenvalue weighted by Gasteiger charge is -2.26. The summed E-state index contributed by atoms with van der Waals surface area (Å²) >= 11 is 0. The summed E-state index contributed by atoms with van der Waals surface area (Å²) in [7, 11) is 0. The maximum Gasteiger partial charge on any atom is 0.262 e. The van der Waals surface area contributed by atoms with E-state index in [0.717, 1.165) is 41.2 Å². The molecule has 27 heavy (non-hydrogen) atoms. The molecule has 1 N–H and O–H groups in total. The van der Waals surface area contributed by atoms with Crippen LogP contribution in [0.1, 0.15) is 48.3 Å². The Labute approximate surface area is 160 Å². The van der Waals surface area contributed by atoms with E-state index in [0.29, 0.717) is 13.0 Å². The summed E-state index contributed by atoms with van der Waals surface area (Å²) in [5.41, 5.74) is 4.20. The molecule has 0 spiro atoms. The lowest BCUT2D eigenvalue weighted by Crippen LogP contribution is -2.32. The standard InChI is InChI=1S/C22H25N3O2/c1-4-10-25-15(2)12-17(16(25)3)13-18(14-23)22(26)24-20-9-11-27-21-8-6-5-7-19(20)21/h5-8,12-13,20H,4,9-11H2,1-3H3,(H,24,26)/b18-13+/t20-/m0/s1. The second-order valence-electron chi connectivity index (χ2n) is 6.85. The highest BCUT2D eigenvalue weighted by molar-refractivity contribution is 6.02. The van der Waals surface area contributed by atoms with Crippen molar-refractivity contribution in [2.24, 2.45) is 0 Å². The molecule has 0 saturated carbocycles. The largest absolute Gasteiger partial charge is 0.493 e. The quantitative estimate of drug-likeness (QED) is 0.643. The topological polar surface area (TPSA) is 67.0 Å². The van der Waals surface area contributed by atoms with E-state index < -0.39 is 0 Å². The minimum absolute atomic E-state index is 0.121. The van der Waals surface area contributed by atoms with E-state index in [9.17, 15) is 10.1 Å². The number of rotatable bonds is 5. The predicted molar refractivity (Wildman–Crippen MR) is 105 cm³/mol. The summed E-state index contributed by atoms with van der Waals surface area (Å²) < 4.78 is 7.85. The fourth-order valence-electron chi connectivity index (χ4n) is 3.57. The fraction of sp³-hybridized carbons (Fsp3) is 0.364. The van der Waals surface area contributed by atoms with Crippen molar-refractivity contribution >= 4 is 12.0 Å². The van der Waals surface area contributed by atoms with Gasteiger partial charge in [0, 0.05) is 29.9 Å². The Kier molecular flexibility index (Phi) is 5.66. The lowest BCUT2D eigenvalue weighted by atomic mass is 10.00. The maximum absolute atomic E-state index is 12.7. The third-order valence-corrected chi connectivity index (χ3v) is 4.99. The number of para-hydroxylation sites is 1. The molecular formula is C22H25N3O2. The molecule has 0 saturated heterocycles. The van der Waals surface area contributed by atoms with Gasteiger partial charge in [0.15, 0.2) is 0 Å². The van der Waals surface area contributed by atoms with Crippen LogP contribution in [-0.2, 0) is 11.3 Å². The van der Waals surface area contributed by atoms with Gasteiger partial charge in [-0.05, 0) is 44.0 Å². The van der Waals surface area contributed by atoms with Crippen LogP contribution in [0.4, 0.5) is 0 Å². The van der Waals surface area contributed by atoms with Gasteiger partial charge in [-0.3, -0.25) is 4.79 Å². The van der Waals surface area contributed by atoms with E-state index in [-0.39, 0.29) is 17.5 Å². The fourth-order valence-corrected chi connectivity index (χ4v) is 3.57. The summed E-state index contributed by atoms with van der Waals surface area (Å²) in [5.74, 6) is 0.444. The zero-order valence-electron chi connectivity index (χ0n) is 16.1. The summed E-state index contributed by atoms with van der Waals surface area (Å²) in [6, 6.07) is 11.6. The molecule has 1 aromatic heterocycles. The molecule has 0 bridgehead atoms. The Morgan fingerprint density at radius 2 is 2.19 bits per heavy atom. The lowest BCUT2D eigenvalue weighted by molar-refractivity contribution is -0.117. The van der Waals surface area contributed by atoms with Gasteiger partial charge in [-0.1, -0.05) is 25.1 Å². The van der Waals surface area contributed by atoms with Gasteiger partial charge in [-0.25, -0.2) is 0 Å². The second kappa shape index (κ2) is 8.13. The number of aryl methyl sites for hydroxylation is 1. The van der Waals surface area contributed by atoms with E-state index >= 15 is 0 Å². The predicted octanol–water partition coefficient (Wildman–Crippen LogP) is 4.06. The van der Waals surface area contributed by atoms with Crippen molar-refractivity contribution in [2.75, 3.05) is 6.61 Å². The first-order valence-corrected chi connectivity index (χ1v) is 9.36. The van der Waals surface area contributed by atoms with Crippen molar-refractivity contribution in [1.29, 1.82) is 5.26 Å². The van der Waals surface area contributed by atoms with Crippen LogP contribution < -0.4 is 10.1 Å². The van der Waals surface area contributed by atoms with Crippen LogP contribution in [0.25, 0.3) is 6.08 Å². The van der Waals surface area contributed by atoms with E-state index in [1.165, 1.54) is 0 Å². The Morgan fingerprint density at radius 1 is 1.41 bits per heavy atom. The number of carbonyl (C=O) groups excluding carboxylic acids is 1. The number of aromatic nitrogens is 1. The van der Waals surface area contributed by atoms with Gasteiger partial charge in [0.25, 0.3) is 5.91 Å². The second-order valence-corrected chi connectivity index (χ2v) is 6.85. The van der Waals surface area contributed by atoms with E-state index in [1.807, 2.05) is 44.2 Å². The number of nitrogens with one attached hydrogen (secondary N) is 1. The molecule has 1 atom stereocenters. The normalized spacial score (nSPS) is 16.2. The van der Waals surface area contributed by atoms with Gasteiger partial charge >= 0.3 is 0 Å². The van der Waals surface area contributed by atoms with Crippen molar-refractivity contribution in [3.63, 3.8) is 0 Å². The third kappa shape index (κ3) is 3.90. The molecule has 1 aliphatic heterocycles. The monoisotopic (exact) mass is 363 g/mol. The minimum Gasteiger partial charge on any atom is -0.493 e. The zero-order chi connectivity index (χ0) is 19.4. The van der Waals surface area contributed by atoms with E-state index in [2.05, 4.69) is 22.9 Å². The van der Waals surface area contributed by atoms with Gasteiger partial charge in [-0.2, -0.15) is 5.26 Å². The number of carbonyl (C=O) groups is 1.